The smallest absolute Gasteiger partial charge is 0.0399 e. The second-order valence-electron chi connectivity index (χ2n) is 3.99. The molecule has 0 fully saturated rings. The Kier molecular flexibility index (Phi) is 5.08. The molecule has 0 amide bonds. The van der Waals surface area contributed by atoms with Crippen molar-refractivity contribution in [1.29, 1.82) is 0 Å². The van der Waals surface area contributed by atoms with Crippen molar-refractivity contribution in [2.24, 2.45) is 11.5 Å². The fourth-order valence-corrected chi connectivity index (χ4v) is 1.80. The third-order valence-electron chi connectivity index (χ3n) is 2.76. The standard InChI is InChI=1S/C12H22N4/c13-7-1-3-9-5-6-11(15)10(12(9)16)4-2-8-14/h5-6H,1-4,7-8,13-16H2. The van der Waals surface area contributed by atoms with E-state index in [9.17, 15) is 0 Å². The fraction of sp³-hybridized carbons (Fsp3) is 0.500. The fourth-order valence-electron chi connectivity index (χ4n) is 1.80. The average Bonchev–Trinajstić information content (AvgIpc) is 2.28. The molecule has 0 unspecified atom stereocenters. The molecule has 0 radical (unpaired) electrons. The highest BCUT2D eigenvalue weighted by Gasteiger charge is 2.08. The first-order valence-electron chi connectivity index (χ1n) is 5.76. The summed E-state index contributed by atoms with van der Waals surface area (Å²) < 4.78 is 0. The Morgan fingerprint density at radius 3 is 2.12 bits per heavy atom. The molecule has 0 saturated heterocycles. The van der Waals surface area contributed by atoms with Crippen LogP contribution in [0.1, 0.15) is 24.0 Å². The van der Waals surface area contributed by atoms with Crippen molar-refractivity contribution in [2.75, 3.05) is 24.6 Å². The Hall–Kier alpha value is -1.26. The monoisotopic (exact) mass is 222 g/mol. The molecule has 0 aliphatic heterocycles. The first-order valence-corrected chi connectivity index (χ1v) is 5.76. The third kappa shape index (κ3) is 3.12. The van der Waals surface area contributed by atoms with Crippen LogP contribution in [0.15, 0.2) is 12.1 Å². The quantitative estimate of drug-likeness (QED) is 0.530. The van der Waals surface area contributed by atoms with Crippen molar-refractivity contribution < 1.29 is 0 Å². The summed E-state index contributed by atoms with van der Waals surface area (Å²) in [6.07, 6.45) is 3.63. The Bertz CT molecular complexity index is 336. The van der Waals surface area contributed by atoms with E-state index < -0.39 is 0 Å². The molecule has 1 aromatic carbocycles. The molecular formula is C12H22N4. The van der Waals surface area contributed by atoms with Gasteiger partial charge in [0.05, 0.1) is 0 Å². The number of hydrogen-bond donors (Lipinski definition) is 4. The topological polar surface area (TPSA) is 104 Å². The molecule has 0 saturated carbocycles. The number of benzene rings is 1. The van der Waals surface area contributed by atoms with Crippen LogP contribution in [-0.2, 0) is 12.8 Å². The predicted molar refractivity (Wildman–Crippen MR) is 70.0 cm³/mol. The molecule has 90 valence electrons. The lowest BCUT2D eigenvalue weighted by Crippen LogP contribution is -2.08. The summed E-state index contributed by atoms with van der Waals surface area (Å²) in [5.41, 5.74) is 26.8. The summed E-state index contributed by atoms with van der Waals surface area (Å²) >= 11 is 0. The molecule has 16 heavy (non-hydrogen) atoms. The maximum absolute atomic E-state index is 6.10. The molecule has 0 aliphatic rings. The zero-order valence-electron chi connectivity index (χ0n) is 9.71. The lowest BCUT2D eigenvalue weighted by molar-refractivity contribution is 0.820. The molecular weight excluding hydrogens is 200 g/mol. The van der Waals surface area contributed by atoms with E-state index >= 15 is 0 Å². The minimum absolute atomic E-state index is 0.659. The van der Waals surface area contributed by atoms with Crippen LogP contribution < -0.4 is 22.9 Å². The number of nitrogen functional groups attached to an aromatic ring is 2. The SMILES string of the molecule is NCCCc1ccc(N)c(CCCN)c1N. The van der Waals surface area contributed by atoms with Crippen molar-refractivity contribution in [3.63, 3.8) is 0 Å². The maximum atomic E-state index is 6.10. The van der Waals surface area contributed by atoms with Gasteiger partial charge >= 0.3 is 0 Å². The van der Waals surface area contributed by atoms with E-state index in [1.54, 1.807) is 0 Å². The highest BCUT2D eigenvalue weighted by molar-refractivity contribution is 5.65. The zero-order chi connectivity index (χ0) is 12.0. The summed E-state index contributed by atoms with van der Waals surface area (Å²) in [6.45, 7) is 1.34. The van der Waals surface area contributed by atoms with Gasteiger partial charge < -0.3 is 22.9 Å². The van der Waals surface area contributed by atoms with Gasteiger partial charge in [0.1, 0.15) is 0 Å². The molecule has 0 spiro atoms. The number of anilines is 2. The lowest BCUT2D eigenvalue weighted by atomic mass is 9.98. The van der Waals surface area contributed by atoms with E-state index in [4.69, 9.17) is 22.9 Å². The molecule has 0 heterocycles. The minimum atomic E-state index is 0.659. The van der Waals surface area contributed by atoms with Crippen LogP contribution in [0.25, 0.3) is 0 Å². The molecule has 4 heteroatoms. The number of nitrogens with two attached hydrogens (primary N) is 4. The van der Waals surface area contributed by atoms with Gasteiger partial charge in [0.25, 0.3) is 0 Å². The second kappa shape index (κ2) is 6.35. The van der Waals surface area contributed by atoms with Crippen LogP contribution in [0.2, 0.25) is 0 Å². The number of hydrogen-bond acceptors (Lipinski definition) is 4. The van der Waals surface area contributed by atoms with Crippen LogP contribution in [0, 0.1) is 0 Å². The van der Waals surface area contributed by atoms with E-state index in [2.05, 4.69) is 0 Å². The van der Waals surface area contributed by atoms with E-state index in [0.717, 1.165) is 48.2 Å². The summed E-state index contributed by atoms with van der Waals surface area (Å²) in [7, 11) is 0. The molecule has 1 aromatic rings. The Balaban J connectivity index is 2.87. The van der Waals surface area contributed by atoms with Crippen molar-refractivity contribution in [3.8, 4) is 0 Å². The molecule has 0 aliphatic carbocycles. The van der Waals surface area contributed by atoms with Gasteiger partial charge in [-0.05, 0) is 56.0 Å². The highest BCUT2D eigenvalue weighted by atomic mass is 14.6. The molecule has 8 N–H and O–H groups in total. The van der Waals surface area contributed by atoms with E-state index in [1.165, 1.54) is 0 Å². The molecule has 0 atom stereocenters. The van der Waals surface area contributed by atoms with Gasteiger partial charge in [-0.1, -0.05) is 6.07 Å². The minimum Gasteiger partial charge on any atom is -0.398 e. The normalized spacial score (nSPS) is 10.6. The summed E-state index contributed by atoms with van der Waals surface area (Å²) in [5.74, 6) is 0. The van der Waals surface area contributed by atoms with Gasteiger partial charge in [-0.2, -0.15) is 0 Å². The van der Waals surface area contributed by atoms with Gasteiger partial charge in [0, 0.05) is 11.4 Å². The molecule has 4 nitrogen and oxygen atoms in total. The summed E-state index contributed by atoms with van der Waals surface area (Å²) in [6, 6.07) is 3.92. The summed E-state index contributed by atoms with van der Waals surface area (Å²) in [4.78, 5) is 0. The van der Waals surface area contributed by atoms with Crippen molar-refractivity contribution >= 4 is 11.4 Å². The largest absolute Gasteiger partial charge is 0.398 e. The molecule has 0 aromatic heterocycles. The van der Waals surface area contributed by atoms with Gasteiger partial charge in [0.2, 0.25) is 0 Å². The third-order valence-corrected chi connectivity index (χ3v) is 2.76. The Morgan fingerprint density at radius 1 is 0.875 bits per heavy atom. The van der Waals surface area contributed by atoms with Crippen LogP contribution in [0.3, 0.4) is 0 Å². The van der Waals surface area contributed by atoms with Gasteiger partial charge in [-0.3, -0.25) is 0 Å². The first-order chi connectivity index (χ1) is 7.70. The van der Waals surface area contributed by atoms with E-state index in [0.29, 0.717) is 13.1 Å². The Labute approximate surface area is 97.0 Å². The second-order valence-corrected chi connectivity index (χ2v) is 3.99. The summed E-state index contributed by atoms with van der Waals surface area (Å²) in [5, 5.41) is 0. The first kappa shape index (κ1) is 12.8. The molecule has 1 rings (SSSR count). The van der Waals surface area contributed by atoms with Crippen molar-refractivity contribution in [3.05, 3.63) is 23.3 Å². The van der Waals surface area contributed by atoms with E-state index in [1.807, 2.05) is 12.1 Å². The predicted octanol–water partition coefficient (Wildman–Crippen LogP) is 0.634. The van der Waals surface area contributed by atoms with Crippen molar-refractivity contribution in [1.82, 2.24) is 0 Å². The average molecular weight is 222 g/mol. The zero-order valence-corrected chi connectivity index (χ0v) is 9.71. The lowest BCUT2D eigenvalue weighted by Gasteiger charge is -2.13. The van der Waals surface area contributed by atoms with Crippen LogP contribution >= 0.6 is 0 Å². The Morgan fingerprint density at radius 2 is 1.50 bits per heavy atom. The van der Waals surface area contributed by atoms with Gasteiger partial charge in [-0.25, -0.2) is 0 Å². The number of rotatable bonds is 6. The van der Waals surface area contributed by atoms with Crippen LogP contribution in [-0.4, -0.2) is 13.1 Å². The van der Waals surface area contributed by atoms with Crippen molar-refractivity contribution in [2.45, 2.75) is 25.7 Å². The maximum Gasteiger partial charge on any atom is 0.0399 e. The van der Waals surface area contributed by atoms with Crippen LogP contribution in [0.5, 0.6) is 0 Å². The van der Waals surface area contributed by atoms with E-state index in [-0.39, 0.29) is 0 Å². The van der Waals surface area contributed by atoms with Crippen LogP contribution in [0.4, 0.5) is 11.4 Å². The number of aryl methyl sites for hydroxylation is 1. The van der Waals surface area contributed by atoms with Gasteiger partial charge in [-0.15, -0.1) is 0 Å². The molecule has 0 bridgehead atoms. The highest BCUT2D eigenvalue weighted by Crippen LogP contribution is 2.26. The van der Waals surface area contributed by atoms with Gasteiger partial charge in [0.15, 0.2) is 0 Å².